The highest BCUT2D eigenvalue weighted by atomic mass is 16.5. The van der Waals surface area contributed by atoms with Crippen LogP contribution in [0.15, 0.2) is 35.5 Å². The second kappa shape index (κ2) is 9.51. The molecule has 0 amide bonds. The number of allylic oxidation sites excluding steroid dienone is 3. The number of fused-ring (bicyclic) bond motifs is 1. The van der Waals surface area contributed by atoms with Crippen molar-refractivity contribution in [2.75, 3.05) is 26.3 Å². The van der Waals surface area contributed by atoms with Crippen molar-refractivity contribution in [1.82, 2.24) is 4.90 Å². The second-order valence-electron chi connectivity index (χ2n) is 11.1. The number of nitrogens with zero attached hydrogens (tertiary/aromatic N) is 1. The van der Waals surface area contributed by atoms with Gasteiger partial charge in [0.05, 0.1) is 25.4 Å². The average Bonchev–Trinajstić information content (AvgIpc) is 3.09. The largest absolute Gasteiger partial charge is 0.388 e. The topological polar surface area (TPSA) is 52.9 Å². The summed E-state index contributed by atoms with van der Waals surface area (Å²) >= 11 is 0. The van der Waals surface area contributed by atoms with Crippen LogP contribution in [-0.2, 0) is 4.74 Å². The molecule has 0 spiro atoms. The van der Waals surface area contributed by atoms with E-state index in [1.165, 1.54) is 38.6 Å². The lowest BCUT2D eigenvalue weighted by Gasteiger charge is -2.46. The van der Waals surface area contributed by atoms with Crippen LogP contribution in [0.2, 0.25) is 0 Å². The van der Waals surface area contributed by atoms with Crippen LogP contribution in [0, 0.1) is 23.2 Å². The number of hydrogen-bond donors (Lipinski definition) is 2. The van der Waals surface area contributed by atoms with Gasteiger partial charge in [0, 0.05) is 19.1 Å². The third-order valence-electron chi connectivity index (χ3n) is 9.05. The molecule has 4 fully saturated rings. The molecule has 0 bridgehead atoms. The van der Waals surface area contributed by atoms with Gasteiger partial charge in [-0.15, -0.1) is 0 Å². The summed E-state index contributed by atoms with van der Waals surface area (Å²) < 4.78 is 5.64. The standard InChI is InChI=1S/C27H43NO3/c1-18(16-28-12-13-31-17-19(28)2)23-9-10-24-22(6-5-11-27(23,24)4)8-7-21-14-25(29)20(3)26(30)15-21/h7-8,18-19,23-26,29-30H,3,5-6,9-17H2,1-2,4H3/t18?,19?,23-,24+,25-,26-,27-/m1/s1. The molecule has 0 aromatic heterocycles. The lowest BCUT2D eigenvalue weighted by atomic mass is 9.61. The van der Waals surface area contributed by atoms with Crippen molar-refractivity contribution in [2.45, 2.75) is 84.0 Å². The van der Waals surface area contributed by atoms with Gasteiger partial charge in [-0.05, 0) is 80.6 Å². The second-order valence-corrected chi connectivity index (χ2v) is 11.1. The molecule has 4 heteroatoms. The molecule has 4 nitrogen and oxygen atoms in total. The van der Waals surface area contributed by atoms with E-state index in [0.717, 1.165) is 31.2 Å². The molecular weight excluding hydrogens is 386 g/mol. The normalized spacial score (nSPS) is 42.0. The Kier molecular flexibility index (Phi) is 7.12. The van der Waals surface area contributed by atoms with E-state index < -0.39 is 12.2 Å². The Hall–Kier alpha value is -0.940. The first-order valence-electron chi connectivity index (χ1n) is 12.5. The van der Waals surface area contributed by atoms with E-state index in [9.17, 15) is 10.2 Å². The molecule has 2 unspecified atom stereocenters. The summed E-state index contributed by atoms with van der Waals surface area (Å²) in [5.41, 5.74) is 3.72. The first kappa shape index (κ1) is 23.2. The summed E-state index contributed by atoms with van der Waals surface area (Å²) in [4.78, 5) is 2.64. The van der Waals surface area contributed by atoms with Crippen molar-refractivity contribution in [3.8, 4) is 0 Å². The van der Waals surface area contributed by atoms with Crippen molar-refractivity contribution >= 4 is 0 Å². The van der Waals surface area contributed by atoms with E-state index in [1.807, 2.05) is 0 Å². The number of morpholine rings is 1. The highest BCUT2D eigenvalue weighted by molar-refractivity contribution is 5.29. The van der Waals surface area contributed by atoms with Gasteiger partial charge in [-0.2, -0.15) is 0 Å². The van der Waals surface area contributed by atoms with Crippen LogP contribution in [0.1, 0.15) is 65.7 Å². The fourth-order valence-electron chi connectivity index (χ4n) is 7.17. The maximum absolute atomic E-state index is 10.2. The zero-order chi connectivity index (χ0) is 22.2. The van der Waals surface area contributed by atoms with E-state index >= 15 is 0 Å². The predicted molar refractivity (Wildman–Crippen MR) is 126 cm³/mol. The molecule has 1 saturated heterocycles. The molecule has 7 atom stereocenters. The lowest BCUT2D eigenvalue weighted by Crippen LogP contribution is -2.47. The summed E-state index contributed by atoms with van der Waals surface area (Å²) in [6, 6.07) is 0.534. The van der Waals surface area contributed by atoms with Crippen molar-refractivity contribution in [3.05, 3.63) is 35.5 Å². The summed E-state index contributed by atoms with van der Waals surface area (Å²) in [7, 11) is 0. The molecule has 1 aliphatic heterocycles. The minimum Gasteiger partial charge on any atom is -0.388 e. The van der Waals surface area contributed by atoms with Gasteiger partial charge in [-0.3, -0.25) is 4.90 Å². The smallest absolute Gasteiger partial charge is 0.0809 e. The lowest BCUT2D eigenvalue weighted by molar-refractivity contribution is -0.0176. The van der Waals surface area contributed by atoms with Crippen LogP contribution >= 0.6 is 0 Å². The Morgan fingerprint density at radius 1 is 1.23 bits per heavy atom. The maximum atomic E-state index is 10.2. The molecule has 3 saturated carbocycles. The molecule has 0 aromatic carbocycles. The number of rotatable bonds is 4. The van der Waals surface area contributed by atoms with Gasteiger partial charge < -0.3 is 14.9 Å². The SMILES string of the molecule is C=C1[C@H](O)CC(=CC=C2CCC[C@]3(C)[C@@H](C(C)CN4CCOCC4C)CC[C@@H]23)C[C@H]1O. The maximum Gasteiger partial charge on any atom is 0.0809 e. The van der Waals surface area contributed by atoms with Gasteiger partial charge in [0.1, 0.15) is 0 Å². The molecule has 31 heavy (non-hydrogen) atoms. The first-order chi connectivity index (χ1) is 14.8. The number of aliphatic hydroxyl groups is 2. The van der Waals surface area contributed by atoms with Crippen molar-refractivity contribution in [3.63, 3.8) is 0 Å². The molecule has 2 N–H and O–H groups in total. The molecule has 0 radical (unpaired) electrons. The highest BCUT2D eigenvalue weighted by Gasteiger charge is 2.50. The van der Waals surface area contributed by atoms with Crippen molar-refractivity contribution in [2.24, 2.45) is 23.2 Å². The Labute approximate surface area is 189 Å². The monoisotopic (exact) mass is 429 g/mol. The van der Waals surface area contributed by atoms with E-state index in [0.29, 0.717) is 41.7 Å². The molecular formula is C27H43NO3. The number of hydrogen-bond acceptors (Lipinski definition) is 4. The van der Waals surface area contributed by atoms with Gasteiger partial charge in [-0.1, -0.05) is 43.7 Å². The van der Waals surface area contributed by atoms with Crippen LogP contribution in [0.3, 0.4) is 0 Å². The van der Waals surface area contributed by atoms with Gasteiger partial charge in [0.25, 0.3) is 0 Å². The van der Waals surface area contributed by atoms with E-state index in [4.69, 9.17) is 4.74 Å². The number of aliphatic hydroxyl groups excluding tert-OH is 2. The molecule has 4 aliphatic rings. The van der Waals surface area contributed by atoms with E-state index in [1.54, 1.807) is 5.57 Å². The Morgan fingerprint density at radius 3 is 2.68 bits per heavy atom. The van der Waals surface area contributed by atoms with Crippen molar-refractivity contribution < 1.29 is 14.9 Å². The molecule has 3 aliphatic carbocycles. The van der Waals surface area contributed by atoms with Crippen LogP contribution in [0.5, 0.6) is 0 Å². The van der Waals surface area contributed by atoms with Crippen LogP contribution in [-0.4, -0.2) is 59.7 Å². The average molecular weight is 430 g/mol. The Balaban J connectivity index is 1.45. The fourth-order valence-corrected chi connectivity index (χ4v) is 7.17. The van der Waals surface area contributed by atoms with Crippen molar-refractivity contribution in [1.29, 1.82) is 0 Å². The minimum absolute atomic E-state index is 0.400. The fraction of sp³-hybridized carbons (Fsp3) is 0.778. The van der Waals surface area contributed by atoms with E-state index in [-0.39, 0.29) is 0 Å². The third kappa shape index (κ3) is 4.73. The quantitative estimate of drug-likeness (QED) is 0.647. The summed E-state index contributed by atoms with van der Waals surface area (Å²) in [5, 5.41) is 20.3. The first-order valence-corrected chi connectivity index (χ1v) is 12.5. The van der Waals surface area contributed by atoms with Gasteiger partial charge in [0.2, 0.25) is 0 Å². The van der Waals surface area contributed by atoms with Gasteiger partial charge >= 0.3 is 0 Å². The highest BCUT2D eigenvalue weighted by Crippen LogP contribution is 2.59. The van der Waals surface area contributed by atoms with Gasteiger partial charge in [-0.25, -0.2) is 0 Å². The molecule has 1 heterocycles. The summed E-state index contributed by atoms with van der Waals surface area (Å²) in [6.07, 6.45) is 11.0. The molecule has 0 aromatic rings. The van der Waals surface area contributed by atoms with Crippen LogP contribution in [0.25, 0.3) is 0 Å². The summed E-state index contributed by atoms with van der Waals surface area (Å²) in [6.45, 7) is 15.2. The summed E-state index contributed by atoms with van der Waals surface area (Å²) in [5.74, 6) is 2.18. The zero-order valence-electron chi connectivity index (χ0n) is 19.9. The van der Waals surface area contributed by atoms with Crippen LogP contribution in [0.4, 0.5) is 0 Å². The Morgan fingerprint density at radius 2 is 1.97 bits per heavy atom. The van der Waals surface area contributed by atoms with Gasteiger partial charge in [0.15, 0.2) is 0 Å². The third-order valence-corrected chi connectivity index (χ3v) is 9.05. The zero-order valence-corrected chi connectivity index (χ0v) is 19.9. The molecule has 4 rings (SSSR count). The van der Waals surface area contributed by atoms with Crippen LogP contribution < -0.4 is 0 Å². The minimum atomic E-state index is -0.607. The Bertz CT molecular complexity index is 712. The van der Waals surface area contributed by atoms with E-state index in [2.05, 4.69) is 44.4 Å². The molecule has 174 valence electrons. The number of ether oxygens (including phenoxy) is 1. The predicted octanol–water partition coefficient (Wildman–Crippen LogP) is 4.48.